The molecule has 120 valence electrons. The average molecular weight is 366 g/mol. The fraction of sp³-hybridized carbons (Fsp3) is 0.286. The fourth-order valence-electron chi connectivity index (χ4n) is 1.91. The molecule has 0 spiro atoms. The molecule has 0 aliphatic heterocycles. The van der Waals surface area contributed by atoms with Gasteiger partial charge in [0.15, 0.2) is 9.47 Å². The Hall–Kier alpha value is -1.71. The van der Waals surface area contributed by atoms with Crippen LogP contribution in [-0.2, 0) is 4.79 Å². The molecule has 0 radical (unpaired) electrons. The van der Waals surface area contributed by atoms with E-state index in [1.807, 2.05) is 36.2 Å². The Labute approximate surface area is 145 Å². The molecule has 2 heterocycles. The number of fused-ring (bicyclic) bond motifs is 1. The topological polar surface area (TPSA) is 71.0 Å². The maximum atomic E-state index is 12.1. The maximum absolute atomic E-state index is 12.1. The van der Waals surface area contributed by atoms with E-state index in [0.29, 0.717) is 5.13 Å². The highest BCUT2D eigenvalue weighted by atomic mass is 32.2. The van der Waals surface area contributed by atoms with Gasteiger partial charge in [-0.2, -0.15) is 0 Å². The fourth-order valence-corrected chi connectivity index (χ4v) is 4.50. The van der Waals surface area contributed by atoms with Crippen molar-refractivity contribution >= 4 is 60.8 Å². The number of benzene rings is 1. The molecule has 1 amide bonds. The summed E-state index contributed by atoms with van der Waals surface area (Å²) in [6.45, 7) is 2.27. The molecule has 0 saturated heterocycles. The van der Waals surface area contributed by atoms with E-state index < -0.39 is 0 Å². The molecule has 0 saturated carbocycles. The van der Waals surface area contributed by atoms with Crippen LogP contribution in [0.2, 0.25) is 0 Å². The molecule has 0 aliphatic rings. The van der Waals surface area contributed by atoms with Crippen LogP contribution in [0.3, 0.4) is 0 Å². The van der Waals surface area contributed by atoms with E-state index in [-0.39, 0.29) is 12.5 Å². The number of hydrogen-bond donors (Lipinski definition) is 1. The number of anilines is 2. The quantitative estimate of drug-likeness (QED) is 0.534. The predicted molar refractivity (Wildman–Crippen MR) is 97.8 cm³/mol. The number of likely N-dealkylation sites (N-methyl/N-ethyl adjacent to an activating group) is 1. The number of nitrogens with zero attached hydrogens (tertiary/aromatic N) is 4. The number of carbonyl (C=O) groups excluding carboxylic acids is 1. The highest BCUT2D eigenvalue weighted by molar-refractivity contribution is 8.01. The lowest BCUT2D eigenvalue weighted by Gasteiger charge is -2.14. The van der Waals surface area contributed by atoms with Crippen LogP contribution in [-0.4, -0.2) is 40.4 Å². The molecule has 0 fully saturated rings. The molecule has 9 heteroatoms. The van der Waals surface area contributed by atoms with Gasteiger partial charge in [-0.15, -0.1) is 10.2 Å². The molecule has 1 aromatic carbocycles. The molecule has 0 unspecified atom stereocenters. The lowest BCUT2D eigenvalue weighted by Crippen LogP contribution is -2.29. The second-order valence-corrected chi connectivity index (χ2v) is 8.17. The van der Waals surface area contributed by atoms with Gasteiger partial charge in [0.1, 0.15) is 0 Å². The smallest absolute Gasteiger partial charge is 0.245 e. The monoisotopic (exact) mass is 365 g/mol. The zero-order valence-electron chi connectivity index (χ0n) is 12.6. The summed E-state index contributed by atoms with van der Waals surface area (Å²) < 4.78 is 1.97. The Balaban J connectivity index is 1.62. The normalized spacial score (nSPS) is 10.9. The molecule has 23 heavy (non-hydrogen) atoms. The minimum Gasteiger partial charge on any atom is -0.342 e. The summed E-state index contributed by atoms with van der Waals surface area (Å²) in [4.78, 5) is 18.5. The largest absolute Gasteiger partial charge is 0.342 e. The summed E-state index contributed by atoms with van der Waals surface area (Å²) in [7, 11) is 1.86. The van der Waals surface area contributed by atoms with Gasteiger partial charge in [-0.3, -0.25) is 10.1 Å². The SMILES string of the molecule is CCSc1nnc(NC(=O)CN(C)c2nc3ccccc3s2)s1. The predicted octanol–water partition coefficient (Wildman–Crippen LogP) is 3.33. The first-order valence-electron chi connectivity index (χ1n) is 6.98. The average Bonchev–Trinajstić information content (AvgIpc) is 3.14. The lowest BCUT2D eigenvalue weighted by molar-refractivity contribution is -0.114. The van der Waals surface area contributed by atoms with E-state index >= 15 is 0 Å². The summed E-state index contributed by atoms with van der Waals surface area (Å²) in [6, 6.07) is 7.94. The lowest BCUT2D eigenvalue weighted by atomic mass is 10.3. The summed E-state index contributed by atoms with van der Waals surface area (Å²) >= 11 is 4.57. The number of carbonyl (C=O) groups is 1. The van der Waals surface area contributed by atoms with Gasteiger partial charge in [-0.1, -0.05) is 53.5 Å². The Morgan fingerprint density at radius 3 is 2.91 bits per heavy atom. The first-order valence-corrected chi connectivity index (χ1v) is 9.60. The molecule has 6 nitrogen and oxygen atoms in total. The van der Waals surface area contributed by atoms with Crippen molar-refractivity contribution in [2.24, 2.45) is 0 Å². The van der Waals surface area contributed by atoms with Crippen LogP contribution in [0.1, 0.15) is 6.92 Å². The maximum Gasteiger partial charge on any atom is 0.245 e. The Kier molecular flexibility index (Phi) is 5.09. The molecule has 3 rings (SSSR count). The molecule has 1 N–H and O–H groups in total. The molecular weight excluding hydrogens is 350 g/mol. The van der Waals surface area contributed by atoms with Crippen molar-refractivity contribution < 1.29 is 4.79 Å². The van der Waals surface area contributed by atoms with Crippen LogP contribution >= 0.6 is 34.4 Å². The van der Waals surface area contributed by atoms with Crippen LogP contribution in [0.25, 0.3) is 10.2 Å². The Bertz CT molecular complexity index is 782. The zero-order chi connectivity index (χ0) is 16.2. The zero-order valence-corrected chi connectivity index (χ0v) is 15.1. The first-order chi connectivity index (χ1) is 11.2. The van der Waals surface area contributed by atoms with Crippen LogP contribution < -0.4 is 10.2 Å². The van der Waals surface area contributed by atoms with Crippen molar-refractivity contribution in [3.8, 4) is 0 Å². The third-order valence-electron chi connectivity index (χ3n) is 2.91. The van der Waals surface area contributed by atoms with Crippen molar-refractivity contribution in [3.63, 3.8) is 0 Å². The van der Waals surface area contributed by atoms with Crippen molar-refractivity contribution in [3.05, 3.63) is 24.3 Å². The number of nitrogens with one attached hydrogen (secondary N) is 1. The minimum absolute atomic E-state index is 0.129. The second kappa shape index (κ2) is 7.24. The van der Waals surface area contributed by atoms with Crippen LogP contribution in [0.15, 0.2) is 28.6 Å². The number of thioether (sulfide) groups is 1. The Morgan fingerprint density at radius 1 is 1.30 bits per heavy atom. The van der Waals surface area contributed by atoms with Crippen LogP contribution in [0.4, 0.5) is 10.3 Å². The van der Waals surface area contributed by atoms with Crippen molar-refractivity contribution in [1.29, 1.82) is 0 Å². The van der Waals surface area contributed by atoms with Gasteiger partial charge >= 0.3 is 0 Å². The van der Waals surface area contributed by atoms with Gasteiger partial charge in [0.2, 0.25) is 11.0 Å². The van der Waals surface area contributed by atoms with Gasteiger partial charge in [0.05, 0.1) is 16.8 Å². The number of para-hydroxylation sites is 1. The first kappa shape index (κ1) is 16.2. The molecule has 0 atom stereocenters. The van der Waals surface area contributed by atoms with Crippen molar-refractivity contribution in [2.75, 3.05) is 29.6 Å². The summed E-state index contributed by atoms with van der Waals surface area (Å²) in [5, 5.41) is 12.1. The van der Waals surface area contributed by atoms with Crippen molar-refractivity contribution in [1.82, 2.24) is 15.2 Å². The summed E-state index contributed by atoms with van der Waals surface area (Å²) in [5.41, 5.74) is 0.949. The van der Waals surface area contributed by atoms with Crippen LogP contribution in [0, 0.1) is 0 Å². The molecule has 0 aliphatic carbocycles. The van der Waals surface area contributed by atoms with E-state index in [4.69, 9.17) is 0 Å². The molecule has 0 bridgehead atoms. The number of thiazole rings is 1. The van der Waals surface area contributed by atoms with Crippen LogP contribution in [0.5, 0.6) is 0 Å². The van der Waals surface area contributed by atoms with E-state index in [2.05, 4.69) is 27.4 Å². The second-order valence-electron chi connectivity index (χ2n) is 4.67. The number of hydrogen-bond acceptors (Lipinski definition) is 8. The van der Waals surface area contributed by atoms with E-state index in [1.165, 1.54) is 11.3 Å². The summed E-state index contributed by atoms with van der Waals surface area (Å²) in [5.74, 6) is 0.805. The van der Waals surface area contributed by atoms with Gasteiger partial charge in [-0.25, -0.2) is 4.98 Å². The molecular formula is C14H15N5OS3. The van der Waals surface area contributed by atoms with Gasteiger partial charge < -0.3 is 4.90 Å². The highest BCUT2D eigenvalue weighted by Crippen LogP contribution is 2.28. The Morgan fingerprint density at radius 2 is 2.13 bits per heavy atom. The van der Waals surface area contributed by atoms with Gasteiger partial charge in [0, 0.05) is 7.05 Å². The third kappa shape index (κ3) is 3.98. The minimum atomic E-state index is -0.129. The number of aromatic nitrogens is 3. The van der Waals surface area contributed by atoms with Gasteiger partial charge in [0.25, 0.3) is 0 Å². The van der Waals surface area contributed by atoms with E-state index in [9.17, 15) is 4.79 Å². The third-order valence-corrected chi connectivity index (χ3v) is 5.92. The standard InChI is InChI=1S/C14H15N5OS3/c1-3-21-14-18-17-12(23-14)16-11(20)8-19(2)13-15-9-6-4-5-7-10(9)22-13/h4-7H,3,8H2,1-2H3,(H,16,17,20). The number of rotatable bonds is 6. The van der Waals surface area contributed by atoms with E-state index in [1.54, 1.807) is 23.1 Å². The van der Waals surface area contributed by atoms with Gasteiger partial charge in [-0.05, 0) is 17.9 Å². The molecule has 2 aromatic heterocycles. The molecule has 3 aromatic rings. The van der Waals surface area contributed by atoms with E-state index in [0.717, 1.165) is 25.4 Å². The highest BCUT2D eigenvalue weighted by Gasteiger charge is 2.14. The number of amides is 1. The summed E-state index contributed by atoms with van der Waals surface area (Å²) in [6.07, 6.45) is 0. The van der Waals surface area contributed by atoms with Crippen molar-refractivity contribution in [2.45, 2.75) is 11.3 Å².